The van der Waals surface area contributed by atoms with Gasteiger partial charge in [0, 0.05) is 18.1 Å². The summed E-state index contributed by atoms with van der Waals surface area (Å²) in [6, 6.07) is 10.7. The summed E-state index contributed by atoms with van der Waals surface area (Å²) < 4.78 is 36.7. The van der Waals surface area contributed by atoms with Gasteiger partial charge in [-0.2, -0.15) is 0 Å². The van der Waals surface area contributed by atoms with Crippen molar-refractivity contribution in [2.45, 2.75) is 26.4 Å². The van der Waals surface area contributed by atoms with Crippen molar-refractivity contribution in [3.63, 3.8) is 0 Å². The van der Waals surface area contributed by atoms with Crippen LogP contribution in [-0.4, -0.2) is 64.7 Å². The number of benzene rings is 2. The fourth-order valence-electron chi connectivity index (χ4n) is 3.29. The average Bonchev–Trinajstić information content (AvgIpc) is 2.80. The van der Waals surface area contributed by atoms with Gasteiger partial charge in [-0.15, -0.1) is 0 Å². The first-order chi connectivity index (χ1) is 16.0. The molecule has 1 atom stereocenters. The number of halogens is 1. The summed E-state index contributed by atoms with van der Waals surface area (Å²) >= 11 is 6.09. The molecule has 0 saturated carbocycles. The van der Waals surface area contributed by atoms with E-state index in [1.807, 2.05) is 0 Å². The number of carbonyl (C=O) groups is 2. The fourth-order valence-corrected chi connectivity index (χ4v) is 4.30. The number of carbonyl (C=O) groups excluding carboxylic acids is 2. The molecule has 0 unspecified atom stereocenters. The van der Waals surface area contributed by atoms with Crippen molar-refractivity contribution in [2.75, 3.05) is 37.9 Å². The van der Waals surface area contributed by atoms with Crippen LogP contribution in [-0.2, 0) is 26.2 Å². The van der Waals surface area contributed by atoms with Crippen molar-refractivity contribution in [3.8, 4) is 11.5 Å². The highest BCUT2D eigenvalue weighted by atomic mass is 35.5. The van der Waals surface area contributed by atoms with Crippen molar-refractivity contribution in [1.29, 1.82) is 0 Å². The Kier molecular flexibility index (Phi) is 9.57. The van der Waals surface area contributed by atoms with Crippen LogP contribution in [0.15, 0.2) is 42.5 Å². The number of hydrogen-bond donors (Lipinski definition) is 1. The highest BCUT2D eigenvalue weighted by Crippen LogP contribution is 2.33. The SMILES string of the molecule is CCNC(=O)[C@H](C)N(Cc1ccc(OC)cc1)C(=O)CN(c1cc(Cl)ccc1OC)S(C)(=O)=O. The van der Waals surface area contributed by atoms with E-state index in [-0.39, 0.29) is 28.9 Å². The van der Waals surface area contributed by atoms with Gasteiger partial charge >= 0.3 is 0 Å². The van der Waals surface area contributed by atoms with E-state index in [4.69, 9.17) is 21.1 Å². The van der Waals surface area contributed by atoms with Crippen molar-refractivity contribution in [3.05, 3.63) is 53.1 Å². The lowest BCUT2D eigenvalue weighted by Crippen LogP contribution is -2.51. The number of nitrogens with zero attached hydrogens (tertiary/aromatic N) is 2. The minimum absolute atomic E-state index is 0.0887. The molecule has 11 heteroatoms. The van der Waals surface area contributed by atoms with Gasteiger partial charge in [0.2, 0.25) is 21.8 Å². The molecule has 0 aliphatic rings. The van der Waals surface area contributed by atoms with Crippen LogP contribution in [0.2, 0.25) is 5.02 Å². The van der Waals surface area contributed by atoms with Crippen LogP contribution in [0.4, 0.5) is 5.69 Å². The Hall–Kier alpha value is -2.98. The first kappa shape index (κ1) is 27.3. The normalized spacial score (nSPS) is 11.9. The van der Waals surface area contributed by atoms with Crippen LogP contribution in [0.5, 0.6) is 11.5 Å². The van der Waals surface area contributed by atoms with Gasteiger partial charge in [0.15, 0.2) is 0 Å². The summed E-state index contributed by atoms with van der Waals surface area (Å²) in [5, 5.41) is 2.98. The minimum atomic E-state index is -3.90. The lowest BCUT2D eigenvalue weighted by molar-refractivity contribution is -0.139. The molecule has 0 bridgehead atoms. The van der Waals surface area contributed by atoms with Gasteiger partial charge in [0.05, 0.1) is 26.2 Å². The molecule has 0 aliphatic carbocycles. The Morgan fingerprint density at radius 3 is 2.26 bits per heavy atom. The van der Waals surface area contributed by atoms with Crippen LogP contribution in [0, 0.1) is 0 Å². The monoisotopic (exact) mass is 511 g/mol. The van der Waals surface area contributed by atoms with Gasteiger partial charge in [0.25, 0.3) is 0 Å². The molecule has 0 spiro atoms. The molecule has 0 aliphatic heterocycles. The maximum atomic E-state index is 13.5. The molecular formula is C23H30ClN3O6S. The largest absolute Gasteiger partial charge is 0.497 e. The van der Waals surface area contributed by atoms with E-state index in [0.717, 1.165) is 16.1 Å². The van der Waals surface area contributed by atoms with Crippen LogP contribution in [0.25, 0.3) is 0 Å². The van der Waals surface area contributed by atoms with Gasteiger partial charge in [-0.3, -0.25) is 13.9 Å². The van der Waals surface area contributed by atoms with Gasteiger partial charge in [-0.25, -0.2) is 8.42 Å². The minimum Gasteiger partial charge on any atom is -0.497 e. The molecule has 0 aromatic heterocycles. The Bertz CT molecular complexity index is 1110. The number of rotatable bonds is 11. The van der Waals surface area contributed by atoms with E-state index in [1.165, 1.54) is 24.1 Å². The van der Waals surface area contributed by atoms with Gasteiger partial charge in [-0.05, 0) is 49.7 Å². The first-order valence-corrected chi connectivity index (χ1v) is 12.8. The second-order valence-corrected chi connectivity index (χ2v) is 9.87. The highest BCUT2D eigenvalue weighted by molar-refractivity contribution is 7.92. The Morgan fingerprint density at radius 1 is 1.09 bits per heavy atom. The molecule has 1 N–H and O–H groups in total. The van der Waals surface area contributed by atoms with Crippen LogP contribution >= 0.6 is 11.6 Å². The maximum Gasteiger partial charge on any atom is 0.244 e. The van der Waals surface area contributed by atoms with E-state index in [9.17, 15) is 18.0 Å². The van der Waals surface area contributed by atoms with E-state index in [0.29, 0.717) is 12.3 Å². The lowest BCUT2D eigenvalue weighted by Gasteiger charge is -2.31. The Morgan fingerprint density at radius 2 is 1.74 bits per heavy atom. The van der Waals surface area contributed by atoms with E-state index >= 15 is 0 Å². The number of anilines is 1. The second-order valence-electron chi connectivity index (χ2n) is 7.53. The summed E-state index contributed by atoms with van der Waals surface area (Å²) in [6.07, 6.45) is 0.988. The average molecular weight is 512 g/mol. The summed E-state index contributed by atoms with van der Waals surface area (Å²) in [7, 11) is -0.965. The number of nitrogens with one attached hydrogen (secondary N) is 1. The van der Waals surface area contributed by atoms with Crippen molar-refractivity contribution >= 4 is 39.1 Å². The van der Waals surface area contributed by atoms with Crippen molar-refractivity contribution in [1.82, 2.24) is 10.2 Å². The number of likely N-dealkylation sites (N-methyl/N-ethyl adjacent to an activating group) is 1. The predicted octanol–water partition coefficient (Wildman–Crippen LogP) is 2.68. The van der Waals surface area contributed by atoms with Gasteiger partial charge in [0.1, 0.15) is 24.1 Å². The third kappa shape index (κ3) is 7.01. The zero-order valence-electron chi connectivity index (χ0n) is 19.9. The zero-order chi connectivity index (χ0) is 25.5. The fraction of sp³-hybridized carbons (Fsp3) is 0.391. The third-order valence-electron chi connectivity index (χ3n) is 5.12. The number of ether oxygens (including phenoxy) is 2. The highest BCUT2D eigenvalue weighted by Gasteiger charge is 2.31. The first-order valence-electron chi connectivity index (χ1n) is 10.5. The topological polar surface area (TPSA) is 105 Å². The smallest absolute Gasteiger partial charge is 0.244 e. The lowest BCUT2D eigenvalue weighted by atomic mass is 10.1. The van der Waals surface area contributed by atoms with Crippen LogP contribution < -0.4 is 19.1 Å². The van der Waals surface area contributed by atoms with Gasteiger partial charge in [-0.1, -0.05) is 23.7 Å². The van der Waals surface area contributed by atoms with Crippen molar-refractivity contribution < 1.29 is 27.5 Å². The molecule has 2 aromatic rings. The molecule has 0 fully saturated rings. The van der Waals surface area contributed by atoms with Crippen LogP contribution in [0.1, 0.15) is 19.4 Å². The second kappa shape index (κ2) is 11.9. The van der Waals surface area contributed by atoms with E-state index in [1.54, 1.807) is 51.3 Å². The Balaban J connectivity index is 2.44. The molecule has 0 radical (unpaired) electrons. The molecular weight excluding hydrogens is 482 g/mol. The molecule has 0 heterocycles. The quantitative estimate of drug-likeness (QED) is 0.497. The van der Waals surface area contributed by atoms with E-state index < -0.39 is 28.5 Å². The standard InChI is InChI=1S/C23H30ClN3O6S/c1-6-25-23(29)16(2)26(14-17-7-10-19(32-3)11-8-17)22(28)15-27(34(5,30)31)20-13-18(24)9-12-21(20)33-4/h7-13,16H,6,14-15H2,1-5H3,(H,25,29)/t16-/m0/s1. The zero-order valence-corrected chi connectivity index (χ0v) is 21.4. The van der Waals surface area contributed by atoms with E-state index in [2.05, 4.69) is 5.32 Å². The number of sulfonamides is 1. The molecule has 0 saturated heterocycles. The summed E-state index contributed by atoms with van der Waals surface area (Å²) in [5.74, 6) is -0.0339. The molecule has 2 amide bonds. The molecule has 9 nitrogen and oxygen atoms in total. The van der Waals surface area contributed by atoms with Crippen molar-refractivity contribution in [2.24, 2.45) is 0 Å². The molecule has 2 aromatic carbocycles. The molecule has 34 heavy (non-hydrogen) atoms. The molecule has 2 rings (SSSR count). The number of methoxy groups -OCH3 is 2. The summed E-state index contributed by atoms with van der Waals surface area (Å²) in [6.45, 7) is 3.30. The number of amides is 2. The third-order valence-corrected chi connectivity index (χ3v) is 6.48. The molecule has 186 valence electrons. The predicted molar refractivity (Wildman–Crippen MR) is 132 cm³/mol. The summed E-state index contributed by atoms with van der Waals surface area (Å²) in [5.41, 5.74) is 0.873. The van der Waals surface area contributed by atoms with Crippen LogP contribution in [0.3, 0.4) is 0 Å². The van der Waals surface area contributed by atoms with Gasteiger partial charge < -0.3 is 19.7 Å². The maximum absolute atomic E-state index is 13.5. The number of hydrogen-bond acceptors (Lipinski definition) is 6. The Labute approximate surface area is 205 Å². The summed E-state index contributed by atoms with van der Waals surface area (Å²) in [4.78, 5) is 27.4.